The van der Waals surface area contributed by atoms with E-state index in [9.17, 15) is 18.0 Å². The summed E-state index contributed by atoms with van der Waals surface area (Å²) in [6.45, 7) is 1.73. The van der Waals surface area contributed by atoms with E-state index in [1.165, 1.54) is 6.07 Å². The summed E-state index contributed by atoms with van der Waals surface area (Å²) in [6.07, 6.45) is -6.46. The van der Waals surface area contributed by atoms with E-state index in [1.807, 2.05) is 6.92 Å². The minimum absolute atomic E-state index is 0.246. The van der Waals surface area contributed by atoms with Gasteiger partial charge in [-0.2, -0.15) is 13.2 Å². The van der Waals surface area contributed by atoms with Crippen LogP contribution < -0.4 is 10.6 Å². The summed E-state index contributed by atoms with van der Waals surface area (Å²) in [5, 5.41) is 13.9. The van der Waals surface area contributed by atoms with Crippen molar-refractivity contribution in [2.24, 2.45) is 0 Å². The molecular weight excluding hydrogens is 273 g/mol. The Morgan fingerprint density at radius 3 is 2.60 bits per heavy atom. The Morgan fingerprint density at radius 1 is 1.35 bits per heavy atom. The number of aliphatic hydroxyl groups is 1. The zero-order valence-electron chi connectivity index (χ0n) is 11.0. The fraction of sp³-hybridized carbons (Fsp3) is 0.462. The highest BCUT2D eigenvalue weighted by Gasteiger charge is 2.38. The van der Waals surface area contributed by atoms with Crippen molar-refractivity contribution in [1.82, 2.24) is 5.32 Å². The van der Waals surface area contributed by atoms with Crippen molar-refractivity contribution in [2.45, 2.75) is 25.6 Å². The van der Waals surface area contributed by atoms with E-state index in [2.05, 4.69) is 10.6 Å². The van der Waals surface area contributed by atoms with Gasteiger partial charge in [0.25, 0.3) is 5.91 Å². The third kappa shape index (κ3) is 4.73. The molecule has 0 fully saturated rings. The van der Waals surface area contributed by atoms with E-state index >= 15 is 0 Å². The molecule has 0 saturated heterocycles. The number of amides is 1. The van der Waals surface area contributed by atoms with E-state index in [-0.39, 0.29) is 5.56 Å². The fourth-order valence-corrected chi connectivity index (χ4v) is 1.50. The second kappa shape index (κ2) is 7.14. The molecule has 1 atom stereocenters. The van der Waals surface area contributed by atoms with Crippen molar-refractivity contribution in [3.63, 3.8) is 0 Å². The number of halogens is 3. The number of para-hydroxylation sites is 1. The van der Waals surface area contributed by atoms with Gasteiger partial charge < -0.3 is 15.7 Å². The molecule has 0 spiro atoms. The average Bonchev–Trinajstić information content (AvgIpc) is 2.41. The van der Waals surface area contributed by atoms with Gasteiger partial charge in [-0.05, 0) is 18.6 Å². The normalized spacial score (nSPS) is 12.8. The van der Waals surface area contributed by atoms with Crippen LogP contribution in [0.3, 0.4) is 0 Å². The first-order valence-electron chi connectivity index (χ1n) is 6.22. The molecule has 0 aromatic heterocycles. The third-order valence-electron chi connectivity index (χ3n) is 2.57. The number of carbonyl (C=O) groups is 1. The summed E-state index contributed by atoms with van der Waals surface area (Å²) in [7, 11) is 0. The molecule has 1 unspecified atom stereocenters. The molecule has 0 radical (unpaired) electrons. The van der Waals surface area contributed by atoms with Crippen LogP contribution in [0.1, 0.15) is 23.7 Å². The number of carbonyl (C=O) groups excluding carboxylic acids is 1. The standard InChI is InChI=1S/C13H17F3N2O2/c1-2-7-17-10-6-4-3-5-9(10)12(20)18-8-11(19)13(14,15)16/h3-6,11,17,19H,2,7-8H2,1H3,(H,18,20). The maximum atomic E-state index is 12.1. The van der Waals surface area contributed by atoms with Crippen molar-refractivity contribution in [3.8, 4) is 0 Å². The molecular formula is C13H17F3N2O2. The summed E-state index contributed by atoms with van der Waals surface area (Å²) in [5.74, 6) is -0.660. The predicted molar refractivity (Wildman–Crippen MR) is 69.6 cm³/mol. The van der Waals surface area contributed by atoms with Crippen LogP contribution in [0, 0.1) is 0 Å². The molecule has 1 aromatic rings. The zero-order valence-corrected chi connectivity index (χ0v) is 11.0. The molecule has 1 amide bonds. The number of benzene rings is 1. The number of aliphatic hydroxyl groups excluding tert-OH is 1. The van der Waals surface area contributed by atoms with Gasteiger partial charge in [-0.1, -0.05) is 19.1 Å². The van der Waals surface area contributed by atoms with Gasteiger partial charge >= 0.3 is 6.18 Å². The van der Waals surface area contributed by atoms with Crippen molar-refractivity contribution in [1.29, 1.82) is 0 Å². The first-order chi connectivity index (χ1) is 9.36. The van der Waals surface area contributed by atoms with Gasteiger partial charge in [-0.3, -0.25) is 4.79 Å². The molecule has 0 aliphatic rings. The van der Waals surface area contributed by atoms with Crippen molar-refractivity contribution in [3.05, 3.63) is 29.8 Å². The van der Waals surface area contributed by atoms with E-state index in [0.717, 1.165) is 6.42 Å². The van der Waals surface area contributed by atoms with Crippen LogP contribution >= 0.6 is 0 Å². The van der Waals surface area contributed by atoms with Gasteiger partial charge in [-0.25, -0.2) is 0 Å². The largest absolute Gasteiger partial charge is 0.416 e. The van der Waals surface area contributed by atoms with Crippen LogP contribution in [0.2, 0.25) is 0 Å². The maximum absolute atomic E-state index is 12.1. The molecule has 0 aliphatic carbocycles. The average molecular weight is 290 g/mol. The summed E-state index contributed by atoms with van der Waals surface area (Å²) < 4.78 is 36.4. The Kier molecular flexibility index (Phi) is 5.82. The van der Waals surface area contributed by atoms with Gasteiger partial charge in [-0.15, -0.1) is 0 Å². The van der Waals surface area contributed by atoms with Gasteiger partial charge in [0.1, 0.15) is 0 Å². The second-order valence-corrected chi connectivity index (χ2v) is 4.24. The van der Waals surface area contributed by atoms with Crippen LogP contribution in [0.4, 0.5) is 18.9 Å². The van der Waals surface area contributed by atoms with E-state index in [0.29, 0.717) is 12.2 Å². The molecule has 1 aromatic carbocycles. The topological polar surface area (TPSA) is 61.4 Å². The Hall–Kier alpha value is -1.76. The SMILES string of the molecule is CCCNc1ccccc1C(=O)NCC(O)C(F)(F)F. The highest BCUT2D eigenvalue weighted by atomic mass is 19.4. The van der Waals surface area contributed by atoms with Gasteiger partial charge in [0.2, 0.25) is 0 Å². The van der Waals surface area contributed by atoms with Crippen LogP contribution in [0.25, 0.3) is 0 Å². The Balaban J connectivity index is 2.68. The Labute approximate surface area is 115 Å². The fourth-order valence-electron chi connectivity index (χ4n) is 1.50. The number of rotatable bonds is 6. The van der Waals surface area contributed by atoms with Crippen LogP contribution in [0.15, 0.2) is 24.3 Å². The Bertz CT molecular complexity index is 449. The summed E-state index contributed by atoms with van der Waals surface area (Å²) >= 11 is 0. The first kappa shape index (κ1) is 16.3. The van der Waals surface area contributed by atoms with E-state index < -0.39 is 24.7 Å². The smallest absolute Gasteiger partial charge is 0.384 e. The number of anilines is 1. The highest BCUT2D eigenvalue weighted by Crippen LogP contribution is 2.20. The summed E-state index contributed by atoms with van der Waals surface area (Å²) in [4.78, 5) is 11.8. The van der Waals surface area contributed by atoms with Gasteiger partial charge in [0, 0.05) is 12.2 Å². The lowest BCUT2D eigenvalue weighted by Crippen LogP contribution is -2.40. The monoisotopic (exact) mass is 290 g/mol. The highest BCUT2D eigenvalue weighted by molar-refractivity contribution is 5.99. The predicted octanol–water partition coefficient (Wildman–Crippen LogP) is 2.16. The lowest BCUT2D eigenvalue weighted by molar-refractivity contribution is -0.201. The quantitative estimate of drug-likeness (QED) is 0.752. The number of alkyl halides is 3. The molecule has 4 nitrogen and oxygen atoms in total. The molecule has 0 aliphatic heterocycles. The zero-order chi connectivity index (χ0) is 15.2. The summed E-state index contributed by atoms with van der Waals surface area (Å²) in [6, 6.07) is 6.52. The molecule has 3 N–H and O–H groups in total. The molecule has 0 saturated carbocycles. The third-order valence-corrected chi connectivity index (χ3v) is 2.57. The van der Waals surface area contributed by atoms with Gasteiger partial charge in [0.15, 0.2) is 6.10 Å². The van der Waals surface area contributed by atoms with E-state index in [4.69, 9.17) is 5.11 Å². The van der Waals surface area contributed by atoms with Crippen LogP contribution in [0.5, 0.6) is 0 Å². The number of nitrogens with one attached hydrogen (secondary N) is 2. The Morgan fingerprint density at radius 2 is 2.00 bits per heavy atom. The van der Waals surface area contributed by atoms with Gasteiger partial charge in [0.05, 0.1) is 12.1 Å². The number of hydrogen-bond acceptors (Lipinski definition) is 3. The molecule has 112 valence electrons. The second-order valence-electron chi connectivity index (χ2n) is 4.24. The van der Waals surface area contributed by atoms with Crippen LogP contribution in [-0.2, 0) is 0 Å². The maximum Gasteiger partial charge on any atom is 0.416 e. The molecule has 0 heterocycles. The minimum atomic E-state index is -4.74. The first-order valence-corrected chi connectivity index (χ1v) is 6.22. The number of hydrogen-bond donors (Lipinski definition) is 3. The van der Waals surface area contributed by atoms with E-state index in [1.54, 1.807) is 18.2 Å². The summed E-state index contributed by atoms with van der Waals surface area (Å²) in [5.41, 5.74) is 0.795. The molecule has 0 bridgehead atoms. The molecule has 20 heavy (non-hydrogen) atoms. The lowest BCUT2D eigenvalue weighted by atomic mass is 10.1. The van der Waals surface area contributed by atoms with Crippen molar-refractivity contribution < 1.29 is 23.1 Å². The lowest BCUT2D eigenvalue weighted by Gasteiger charge is -2.16. The van der Waals surface area contributed by atoms with Crippen molar-refractivity contribution >= 4 is 11.6 Å². The molecule has 1 rings (SSSR count). The van der Waals surface area contributed by atoms with Crippen molar-refractivity contribution in [2.75, 3.05) is 18.4 Å². The molecule has 7 heteroatoms. The minimum Gasteiger partial charge on any atom is -0.384 e. The van der Waals surface area contributed by atoms with Crippen LogP contribution in [-0.4, -0.2) is 36.4 Å².